The minimum Gasteiger partial charge on any atom is -0.369 e. The predicted molar refractivity (Wildman–Crippen MR) is 135 cm³/mol. The smallest absolute Gasteiger partial charge is 0.243 e. The molecule has 1 aliphatic heterocycles. The molecule has 1 saturated heterocycles. The number of carbonyl (C=O) groups is 1. The van der Waals surface area contributed by atoms with Crippen molar-refractivity contribution in [3.05, 3.63) is 54.3 Å². The van der Waals surface area contributed by atoms with Gasteiger partial charge in [-0.05, 0) is 61.1 Å². The summed E-state index contributed by atoms with van der Waals surface area (Å²) in [5.41, 5.74) is 1.14. The third-order valence-electron chi connectivity index (χ3n) is 5.96. The standard InChI is InChI=1S/C26H36FN3O3S/c1-19(2)17-30(18-20(3)4)34(32,33)23-11-9-22(10-12-23)28-26(31)21-13-15-29(16-14-21)25-8-6-5-7-24(25)27/h5-12,19-21H,13-18H2,1-4H3,(H,28,31). The van der Waals surface area contributed by atoms with Crippen molar-refractivity contribution in [2.24, 2.45) is 17.8 Å². The van der Waals surface area contributed by atoms with Crippen molar-refractivity contribution in [1.82, 2.24) is 4.31 Å². The van der Waals surface area contributed by atoms with E-state index in [1.807, 2.05) is 38.7 Å². The molecule has 0 aliphatic carbocycles. The minimum atomic E-state index is -3.61. The SMILES string of the molecule is CC(C)CN(CC(C)C)S(=O)(=O)c1ccc(NC(=O)C2CCN(c3ccccc3F)CC2)cc1. The highest BCUT2D eigenvalue weighted by atomic mass is 32.2. The van der Waals surface area contributed by atoms with Crippen LogP contribution in [0.4, 0.5) is 15.8 Å². The molecule has 0 spiro atoms. The molecule has 1 amide bonds. The summed E-state index contributed by atoms with van der Waals surface area (Å²) in [6, 6.07) is 13.1. The van der Waals surface area contributed by atoms with Crippen LogP contribution in [0.3, 0.4) is 0 Å². The van der Waals surface area contributed by atoms with Gasteiger partial charge >= 0.3 is 0 Å². The van der Waals surface area contributed by atoms with Gasteiger partial charge in [0.05, 0.1) is 10.6 Å². The minimum absolute atomic E-state index is 0.0926. The van der Waals surface area contributed by atoms with Crippen molar-refractivity contribution < 1.29 is 17.6 Å². The van der Waals surface area contributed by atoms with E-state index < -0.39 is 10.0 Å². The lowest BCUT2D eigenvalue weighted by Crippen LogP contribution is -2.38. The van der Waals surface area contributed by atoms with Gasteiger partial charge in [0, 0.05) is 37.8 Å². The molecule has 186 valence electrons. The number of hydrogen-bond acceptors (Lipinski definition) is 4. The molecule has 1 aliphatic rings. The van der Waals surface area contributed by atoms with Crippen LogP contribution in [-0.2, 0) is 14.8 Å². The molecule has 0 aromatic heterocycles. The van der Waals surface area contributed by atoms with E-state index in [9.17, 15) is 17.6 Å². The number of piperidine rings is 1. The number of nitrogens with zero attached hydrogens (tertiary/aromatic N) is 2. The Morgan fingerprint density at radius 2 is 1.56 bits per heavy atom. The third kappa shape index (κ3) is 6.57. The van der Waals surface area contributed by atoms with Crippen LogP contribution >= 0.6 is 0 Å². The van der Waals surface area contributed by atoms with Crippen molar-refractivity contribution in [3.8, 4) is 0 Å². The lowest BCUT2D eigenvalue weighted by atomic mass is 9.95. The van der Waals surface area contributed by atoms with E-state index in [0.29, 0.717) is 50.4 Å². The average molecular weight is 490 g/mol. The monoisotopic (exact) mass is 489 g/mol. The molecular formula is C26H36FN3O3S. The third-order valence-corrected chi connectivity index (χ3v) is 7.80. The first-order chi connectivity index (χ1) is 16.1. The first kappa shape index (κ1) is 26.2. The van der Waals surface area contributed by atoms with Crippen LogP contribution in [0.5, 0.6) is 0 Å². The summed E-state index contributed by atoms with van der Waals surface area (Å²) >= 11 is 0. The lowest BCUT2D eigenvalue weighted by Gasteiger charge is -2.33. The van der Waals surface area contributed by atoms with Crippen molar-refractivity contribution in [2.75, 3.05) is 36.4 Å². The zero-order chi connectivity index (χ0) is 24.9. The molecule has 1 heterocycles. The first-order valence-electron chi connectivity index (χ1n) is 12.0. The normalized spacial score (nSPS) is 15.4. The summed E-state index contributed by atoms with van der Waals surface area (Å²) in [6.07, 6.45) is 1.26. The van der Waals surface area contributed by atoms with Crippen molar-refractivity contribution in [2.45, 2.75) is 45.4 Å². The van der Waals surface area contributed by atoms with Crippen LogP contribution < -0.4 is 10.2 Å². The zero-order valence-electron chi connectivity index (χ0n) is 20.5. The summed E-state index contributed by atoms with van der Waals surface area (Å²) < 4.78 is 41.9. The molecule has 8 heteroatoms. The summed E-state index contributed by atoms with van der Waals surface area (Å²) in [7, 11) is -3.61. The molecule has 0 saturated carbocycles. The van der Waals surface area contributed by atoms with Gasteiger partial charge in [-0.25, -0.2) is 12.8 Å². The quantitative estimate of drug-likeness (QED) is 0.539. The number of carbonyl (C=O) groups excluding carboxylic acids is 1. The Morgan fingerprint density at radius 3 is 2.09 bits per heavy atom. The summed E-state index contributed by atoms with van der Waals surface area (Å²) in [6.45, 7) is 10.2. The van der Waals surface area contributed by atoms with Gasteiger partial charge in [-0.15, -0.1) is 0 Å². The van der Waals surface area contributed by atoms with E-state index in [4.69, 9.17) is 0 Å². The fraction of sp³-hybridized carbons (Fsp3) is 0.500. The molecule has 34 heavy (non-hydrogen) atoms. The van der Waals surface area contributed by atoms with Gasteiger partial charge in [0.25, 0.3) is 0 Å². The number of nitrogens with one attached hydrogen (secondary N) is 1. The van der Waals surface area contributed by atoms with Crippen molar-refractivity contribution in [1.29, 1.82) is 0 Å². The summed E-state index contributed by atoms with van der Waals surface area (Å²) in [4.78, 5) is 15.0. The maximum atomic E-state index is 14.0. The average Bonchev–Trinajstić information content (AvgIpc) is 2.79. The number of sulfonamides is 1. The number of amides is 1. The maximum absolute atomic E-state index is 14.0. The lowest BCUT2D eigenvalue weighted by molar-refractivity contribution is -0.120. The van der Waals surface area contributed by atoms with Gasteiger partial charge in [0.1, 0.15) is 5.82 Å². The van der Waals surface area contributed by atoms with Crippen molar-refractivity contribution >= 4 is 27.3 Å². The van der Waals surface area contributed by atoms with E-state index in [1.54, 1.807) is 40.7 Å². The van der Waals surface area contributed by atoms with Crippen LogP contribution in [-0.4, -0.2) is 44.8 Å². The van der Waals surface area contributed by atoms with E-state index in [0.717, 1.165) is 0 Å². The Bertz CT molecular complexity index is 1050. The molecule has 3 rings (SSSR count). The van der Waals surface area contributed by atoms with E-state index in [2.05, 4.69) is 5.32 Å². The van der Waals surface area contributed by atoms with Gasteiger partial charge in [0.2, 0.25) is 15.9 Å². The summed E-state index contributed by atoms with van der Waals surface area (Å²) in [5, 5.41) is 2.91. The van der Waals surface area contributed by atoms with E-state index >= 15 is 0 Å². The Kier molecular flexibility index (Phi) is 8.71. The van der Waals surface area contributed by atoms with Crippen LogP contribution in [0.1, 0.15) is 40.5 Å². The number of rotatable bonds is 9. The molecular weight excluding hydrogens is 453 g/mol. The maximum Gasteiger partial charge on any atom is 0.243 e. The topological polar surface area (TPSA) is 69.7 Å². The van der Waals surface area contributed by atoms with Crippen LogP contribution in [0, 0.1) is 23.6 Å². The van der Waals surface area contributed by atoms with Crippen LogP contribution in [0.25, 0.3) is 0 Å². The van der Waals surface area contributed by atoms with Gasteiger partial charge in [-0.1, -0.05) is 39.8 Å². The van der Waals surface area contributed by atoms with Gasteiger partial charge in [0.15, 0.2) is 0 Å². The van der Waals surface area contributed by atoms with Gasteiger partial charge in [-0.3, -0.25) is 4.79 Å². The fourth-order valence-electron chi connectivity index (χ4n) is 4.28. The highest BCUT2D eigenvalue weighted by Crippen LogP contribution is 2.27. The second-order valence-corrected chi connectivity index (χ2v) is 11.8. The van der Waals surface area contributed by atoms with Crippen LogP contribution in [0.15, 0.2) is 53.4 Å². The van der Waals surface area contributed by atoms with Crippen LogP contribution in [0.2, 0.25) is 0 Å². The molecule has 2 aromatic carbocycles. The number of hydrogen-bond donors (Lipinski definition) is 1. The molecule has 2 aromatic rings. The number of benzene rings is 2. The van der Waals surface area contributed by atoms with E-state index in [-0.39, 0.29) is 34.4 Å². The molecule has 1 fully saturated rings. The fourth-order valence-corrected chi connectivity index (χ4v) is 6.05. The van der Waals surface area contributed by atoms with E-state index in [1.165, 1.54) is 6.07 Å². The first-order valence-corrected chi connectivity index (χ1v) is 13.4. The Hall–Kier alpha value is -2.45. The van der Waals surface area contributed by atoms with Gasteiger partial charge in [-0.2, -0.15) is 4.31 Å². The molecule has 1 N–H and O–H groups in total. The summed E-state index contributed by atoms with van der Waals surface area (Å²) in [5.74, 6) is -0.0707. The van der Waals surface area contributed by atoms with Gasteiger partial charge < -0.3 is 10.2 Å². The zero-order valence-corrected chi connectivity index (χ0v) is 21.3. The Labute approximate surface area is 203 Å². The molecule has 0 radical (unpaired) electrons. The predicted octanol–water partition coefficient (Wildman–Crippen LogP) is 4.98. The Balaban J connectivity index is 1.61. The molecule has 0 bridgehead atoms. The number of para-hydroxylation sites is 1. The Morgan fingerprint density at radius 1 is 1.00 bits per heavy atom. The second-order valence-electron chi connectivity index (χ2n) is 9.84. The molecule has 0 unspecified atom stereocenters. The largest absolute Gasteiger partial charge is 0.369 e. The highest BCUT2D eigenvalue weighted by Gasteiger charge is 2.28. The molecule has 6 nitrogen and oxygen atoms in total. The van der Waals surface area contributed by atoms with Crippen molar-refractivity contribution in [3.63, 3.8) is 0 Å². The molecule has 0 atom stereocenters. The highest BCUT2D eigenvalue weighted by molar-refractivity contribution is 7.89. The number of anilines is 2. The number of halogens is 1. The second kappa shape index (κ2) is 11.3.